The summed E-state index contributed by atoms with van der Waals surface area (Å²) in [4.78, 5) is 17.1. The molecule has 0 atom stereocenters. The average Bonchev–Trinajstić information content (AvgIpc) is 3.38. The summed E-state index contributed by atoms with van der Waals surface area (Å²) in [6.45, 7) is 5.73. The lowest BCUT2D eigenvalue weighted by atomic mass is 9.91. The van der Waals surface area contributed by atoms with E-state index >= 15 is 0 Å². The third-order valence-electron chi connectivity index (χ3n) is 5.58. The number of carbonyl (C=O) groups is 1. The maximum atomic E-state index is 12.9. The first kappa shape index (κ1) is 21.2. The van der Waals surface area contributed by atoms with Crippen LogP contribution in [0, 0.1) is 6.92 Å². The van der Waals surface area contributed by atoms with Crippen molar-refractivity contribution < 1.29 is 13.2 Å². The zero-order valence-electron chi connectivity index (χ0n) is 17.9. The van der Waals surface area contributed by atoms with E-state index in [9.17, 15) is 13.2 Å². The van der Waals surface area contributed by atoms with Crippen molar-refractivity contribution in [2.75, 3.05) is 0 Å². The highest BCUT2D eigenvalue weighted by atomic mass is 32.2. The van der Waals surface area contributed by atoms with Crippen molar-refractivity contribution in [1.29, 1.82) is 0 Å². The summed E-state index contributed by atoms with van der Waals surface area (Å²) in [6, 6.07) is 9.47. The normalized spacial score (nSPS) is 13.4. The molecule has 0 spiro atoms. The Balaban J connectivity index is 1.64. The number of fused-ring (bicyclic) bond motifs is 1. The highest BCUT2D eigenvalue weighted by Crippen LogP contribution is 2.34. The molecule has 1 aliphatic rings. The van der Waals surface area contributed by atoms with Gasteiger partial charge in [0.25, 0.3) is 10.0 Å². The maximum absolute atomic E-state index is 12.9. The quantitative estimate of drug-likeness (QED) is 0.637. The minimum Gasteiger partial charge on any atom is -0.274 e. The van der Waals surface area contributed by atoms with Crippen molar-refractivity contribution in [3.63, 3.8) is 0 Å². The van der Waals surface area contributed by atoms with E-state index in [0.717, 1.165) is 47.2 Å². The van der Waals surface area contributed by atoms with Crippen LogP contribution in [0.25, 0.3) is 11.1 Å². The van der Waals surface area contributed by atoms with E-state index in [1.54, 1.807) is 17.1 Å². The Bertz CT molecular complexity index is 1250. The lowest BCUT2D eigenvalue weighted by molar-refractivity contribution is -0.118. The Morgan fingerprint density at radius 3 is 2.71 bits per heavy atom. The Morgan fingerprint density at radius 1 is 1.19 bits per heavy atom. The minimum absolute atomic E-state index is 0.00992. The Hall–Kier alpha value is -3.00. The zero-order chi connectivity index (χ0) is 22.2. The highest BCUT2D eigenvalue weighted by molar-refractivity contribution is 7.90. The number of rotatable bonds is 6. The molecule has 0 fully saturated rings. The first-order valence-corrected chi connectivity index (χ1v) is 11.9. The van der Waals surface area contributed by atoms with Gasteiger partial charge in [0.15, 0.2) is 5.03 Å². The molecule has 162 valence electrons. The molecule has 7 nitrogen and oxygen atoms in total. The zero-order valence-corrected chi connectivity index (χ0v) is 18.7. The maximum Gasteiger partial charge on any atom is 0.283 e. The molecule has 2 heterocycles. The summed E-state index contributed by atoms with van der Waals surface area (Å²) >= 11 is 0. The summed E-state index contributed by atoms with van der Waals surface area (Å²) in [5.74, 6) is -0.563. The van der Waals surface area contributed by atoms with Crippen LogP contribution < -0.4 is 4.72 Å². The molecule has 31 heavy (non-hydrogen) atoms. The SMILES string of the molecule is Cc1cc(-c2ccc3c(c2CC(=O)NS(=O)(=O)c2ccn(C(C)C)n2)CCC3)ccn1. The fourth-order valence-electron chi connectivity index (χ4n) is 4.08. The number of nitrogens with zero attached hydrogens (tertiary/aromatic N) is 3. The Morgan fingerprint density at radius 2 is 2.00 bits per heavy atom. The summed E-state index contributed by atoms with van der Waals surface area (Å²) < 4.78 is 29.1. The van der Waals surface area contributed by atoms with Gasteiger partial charge in [0.2, 0.25) is 5.91 Å². The van der Waals surface area contributed by atoms with Crippen LogP contribution >= 0.6 is 0 Å². The van der Waals surface area contributed by atoms with Crippen LogP contribution in [0.15, 0.2) is 47.8 Å². The molecule has 3 aromatic rings. The van der Waals surface area contributed by atoms with E-state index in [2.05, 4.69) is 20.9 Å². The lowest BCUT2D eigenvalue weighted by Crippen LogP contribution is -2.32. The molecular weight excluding hydrogens is 412 g/mol. The third-order valence-corrected chi connectivity index (χ3v) is 6.85. The fraction of sp³-hybridized carbons (Fsp3) is 0.348. The Kier molecular flexibility index (Phi) is 5.66. The number of nitrogens with one attached hydrogen (secondary N) is 1. The third kappa shape index (κ3) is 4.39. The van der Waals surface area contributed by atoms with Gasteiger partial charge in [-0.25, -0.2) is 4.72 Å². The molecule has 2 aromatic heterocycles. The Labute approximate surface area is 182 Å². The van der Waals surface area contributed by atoms with Crippen LogP contribution in [0.4, 0.5) is 0 Å². The van der Waals surface area contributed by atoms with Gasteiger partial charge < -0.3 is 0 Å². The molecular formula is C23H26N4O3S. The minimum atomic E-state index is -4.03. The van der Waals surface area contributed by atoms with Crippen molar-refractivity contribution in [1.82, 2.24) is 19.5 Å². The molecule has 0 unspecified atom stereocenters. The molecule has 8 heteroatoms. The number of pyridine rings is 1. The molecule has 0 saturated heterocycles. The van der Waals surface area contributed by atoms with Crippen LogP contribution in [-0.4, -0.2) is 29.1 Å². The van der Waals surface area contributed by atoms with Gasteiger partial charge in [-0.3, -0.25) is 14.5 Å². The number of amides is 1. The molecule has 1 amide bonds. The molecule has 1 N–H and O–H groups in total. The van der Waals surface area contributed by atoms with Crippen molar-refractivity contribution >= 4 is 15.9 Å². The highest BCUT2D eigenvalue weighted by Gasteiger charge is 2.25. The second-order valence-corrected chi connectivity index (χ2v) is 9.83. The van der Waals surface area contributed by atoms with Gasteiger partial charge in [-0.2, -0.15) is 13.5 Å². The summed E-state index contributed by atoms with van der Waals surface area (Å²) in [5.41, 5.74) is 6.09. The van der Waals surface area contributed by atoms with E-state index in [-0.39, 0.29) is 17.5 Å². The topological polar surface area (TPSA) is 94.0 Å². The van der Waals surface area contributed by atoms with Gasteiger partial charge in [-0.15, -0.1) is 0 Å². The first-order chi connectivity index (χ1) is 14.7. The molecule has 4 rings (SSSR count). The first-order valence-electron chi connectivity index (χ1n) is 10.4. The number of carbonyl (C=O) groups excluding carboxylic acids is 1. The number of hydrogen-bond donors (Lipinski definition) is 1. The van der Waals surface area contributed by atoms with Crippen LogP contribution in [0.5, 0.6) is 0 Å². The van der Waals surface area contributed by atoms with Gasteiger partial charge in [0.05, 0.1) is 6.42 Å². The molecule has 1 aromatic carbocycles. The summed E-state index contributed by atoms with van der Waals surface area (Å²) in [6.07, 6.45) is 6.23. The van der Waals surface area contributed by atoms with Crippen molar-refractivity contribution in [2.24, 2.45) is 0 Å². The van der Waals surface area contributed by atoms with Crippen LogP contribution in [0.1, 0.15) is 48.7 Å². The van der Waals surface area contributed by atoms with Gasteiger partial charge in [-0.1, -0.05) is 12.1 Å². The van der Waals surface area contributed by atoms with Crippen molar-refractivity contribution in [3.8, 4) is 11.1 Å². The monoisotopic (exact) mass is 438 g/mol. The smallest absolute Gasteiger partial charge is 0.274 e. The number of aromatic nitrogens is 3. The molecule has 0 radical (unpaired) electrons. The molecule has 0 aliphatic heterocycles. The van der Waals surface area contributed by atoms with Crippen molar-refractivity contribution in [3.05, 3.63) is 65.1 Å². The number of sulfonamides is 1. The van der Waals surface area contributed by atoms with Gasteiger partial charge >= 0.3 is 0 Å². The second kappa shape index (κ2) is 8.26. The number of benzene rings is 1. The number of aryl methyl sites for hydroxylation is 2. The van der Waals surface area contributed by atoms with Gasteiger partial charge in [-0.05, 0) is 86.1 Å². The predicted octanol–water partition coefficient (Wildman–Crippen LogP) is 3.37. The second-order valence-electron chi connectivity index (χ2n) is 8.20. The molecule has 0 saturated carbocycles. The van der Waals surface area contributed by atoms with Gasteiger partial charge in [0.1, 0.15) is 0 Å². The fourth-order valence-corrected chi connectivity index (χ4v) is 5.00. The standard InChI is InChI=1S/C23H26N4O3S/c1-15(2)27-12-10-23(25-27)31(29,30)26-22(28)14-21-19-6-4-5-17(19)7-8-20(21)18-9-11-24-16(3)13-18/h7-13,15H,4-6,14H2,1-3H3,(H,26,28). The van der Waals surface area contributed by atoms with E-state index in [1.165, 1.54) is 11.6 Å². The van der Waals surface area contributed by atoms with E-state index in [1.807, 2.05) is 39.0 Å². The van der Waals surface area contributed by atoms with E-state index in [4.69, 9.17) is 0 Å². The summed E-state index contributed by atoms with van der Waals surface area (Å²) in [5, 5.41) is 3.93. The van der Waals surface area contributed by atoms with Gasteiger partial charge in [0, 0.05) is 24.1 Å². The molecule has 1 aliphatic carbocycles. The number of hydrogen-bond acceptors (Lipinski definition) is 5. The van der Waals surface area contributed by atoms with Crippen molar-refractivity contribution in [2.45, 2.75) is 57.5 Å². The van der Waals surface area contributed by atoms with Crippen LogP contribution in [-0.2, 0) is 34.1 Å². The van der Waals surface area contributed by atoms with E-state index in [0.29, 0.717) is 0 Å². The largest absolute Gasteiger partial charge is 0.283 e. The van der Waals surface area contributed by atoms with Crippen LogP contribution in [0.3, 0.4) is 0 Å². The predicted molar refractivity (Wildman–Crippen MR) is 118 cm³/mol. The molecule has 0 bridgehead atoms. The lowest BCUT2D eigenvalue weighted by Gasteiger charge is -2.15. The average molecular weight is 439 g/mol. The van der Waals surface area contributed by atoms with Crippen LogP contribution in [0.2, 0.25) is 0 Å². The summed E-state index contributed by atoms with van der Waals surface area (Å²) in [7, 11) is -4.03. The van der Waals surface area contributed by atoms with E-state index < -0.39 is 15.9 Å².